The van der Waals surface area contributed by atoms with Crippen molar-refractivity contribution in [3.63, 3.8) is 0 Å². The Bertz CT molecular complexity index is 678. The van der Waals surface area contributed by atoms with E-state index in [9.17, 15) is 4.79 Å². The lowest BCUT2D eigenvalue weighted by Gasteiger charge is -2.36. The summed E-state index contributed by atoms with van der Waals surface area (Å²) in [6.45, 7) is 5.88. The lowest BCUT2D eigenvalue weighted by atomic mass is 10.2. The highest BCUT2D eigenvalue weighted by Crippen LogP contribution is 2.28. The third-order valence-electron chi connectivity index (χ3n) is 4.35. The summed E-state index contributed by atoms with van der Waals surface area (Å²) in [5, 5.41) is 0.933. The second-order valence-corrected chi connectivity index (χ2v) is 7.03. The van der Waals surface area contributed by atoms with E-state index >= 15 is 0 Å². The fourth-order valence-electron chi connectivity index (χ4n) is 2.98. The number of thiazole rings is 1. The highest BCUT2D eigenvalue weighted by Gasteiger charge is 2.23. The highest BCUT2D eigenvalue weighted by atomic mass is 32.1. The number of aryl methyl sites for hydroxylation is 1. The first-order valence-corrected chi connectivity index (χ1v) is 9.35. The number of para-hydroxylation sites is 1. The maximum absolute atomic E-state index is 11.7. The molecule has 24 heavy (non-hydrogen) atoms. The number of anilines is 2. The number of piperazine rings is 1. The first-order valence-electron chi connectivity index (χ1n) is 8.53. The molecule has 1 aromatic heterocycles. The Kier molecular flexibility index (Phi) is 5.35. The van der Waals surface area contributed by atoms with Crippen LogP contribution in [0, 0.1) is 0 Å². The molecule has 1 fully saturated rings. The topological polar surface area (TPSA) is 62.5 Å². The average molecular weight is 344 g/mol. The monoisotopic (exact) mass is 344 g/mol. The van der Waals surface area contributed by atoms with E-state index in [1.807, 2.05) is 6.07 Å². The van der Waals surface area contributed by atoms with Crippen molar-refractivity contribution in [2.24, 2.45) is 5.73 Å². The second-order valence-electron chi connectivity index (χ2n) is 6.05. The third-order valence-corrected chi connectivity index (χ3v) is 5.52. The number of carbonyl (C=O) groups excluding carboxylic acids is 1. The molecular formula is C18H24N4OS. The van der Waals surface area contributed by atoms with E-state index in [4.69, 9.17) is 10.7 Å². The Morgan fingerprint density at radius 2 is 1.83 bits per heavy atom. The number of benzene rings is 1. The first kappa shape index (κ1) is 16.8. The summed E-state index contributed by atoms with van der Waals surface area (Å²) < 4.78 is 0. The maximum Gasteiger partial charge on any atom is 0.260 e. The number of hydrogen-bond donors (Lipinski definition) is 1. The summed E-state index contributed by atoms with van der Waals surface area (Å²) in [6, 6.07) is 10.5. The summed E-state index contributed by atoms with van der Waals surface area (Å²) in [7, 11) is 0. The molecule has 1 saturated heterocycles. The zero-order valence-electron chi connectivity index (χ0n) is 14.1. The second kappa shape index (κ2) is 7.66. The fraction of sp³-hybridized carbons (Fsp3) is 0.444. The minimum atomic E-state index is -0.354. The van der Waals surface area contributed by atoms with Crippen LogP contribution in [-0.4, -0.2) is 37.1 Å². The van der Waals surface area contributed by atoms with Gasteiger partial charge in [-0.2, -0.15) is 0 Å². The van der Waals surface area contributed by atoms with Crippen molar-refractivity contribution in [2.45, 2.75) is 26.2 Å². The molecule has 6 heteroatoms. The van der Waals surface area contributed by atoms with Gasteiger partial charge in [-0.1, -0.05) is 42.9 Å². The average Bonchev–Trinajstić information content (AvgIpc) is 3.05. The van der Waals surface area contributed by atoms with Crippen molar-refractivity contribution < 1.29 is 4.79 Å². The number of primary amides is 1. The fourth-order valence-corrected chi connectivity index (χ4v) is 3.99. The molecule has 5 nitrogen and oxygen atoms in total. The van der Waals surface area contributed by atoms with Gasteiger partial charge in [0.15, 0.2) is 5.13 Å². The van der Waals surface area contributed by atoms with Gasteiger partial charge in [-0.25, -0.2) is 4.98 Å². The van der Waals surface area contributed by atoms with Crippen LogP contribution in [0.2, 0.25) is 0 Å². The van der Waals surface area contributed by atoms with Crippen LogP contribution in [0.5, 0.6) is 0 Å². The molecule has 128 valence electrons. The molecule has 3 rings (SSSR count). The lowest BCUT2D eigenvalue weighted by Crippen LogP contribution is -2.46. The van der Waals surface area contributed by atoms with E-state index in [-0.39, 0.29) is 5.91 Å². The lowest BCUT2D eigenvalue weighted by molar-refractivity contribution is 0.100. The zero-order valence-corrected chi connectivity index (χ0v) is 14.9. The Morgan fingerprint density at radius 1 is 1.17 bits per heavy atom. The predicted molar refractivity (Wildman–Crippen MR) is 100 cm³/mol. The molecule has 0 spiro atoms. The van der Waals surface area contributed by atoms with Gasteiger partial charge in [0.25, 0.3) is 5.91 Å². The summed E-state index contributed by atoms with van der Waals surface area (Å²) in [4.78, 5) is 21.7. The van der Waals surface area contributed by atoms with Crippen molar-refractivity contribution >= 4 is 28.1 Å². The van der Waals surface area contributed by atoms with Crippen LogP contribution < -0.4 is 15.5 Å². The number of nitrogens with two attached hydrogens (primary N) is 1. The van der Waals surface area contributed by atoms with Gasteiger partial charge in [0, 0.05) is 31.9 Å². The molecule has 0 radical (unpaired) electrons. The largest absolute Gasteiger partial charge is 0.368 e. The molecule has 1 aliphatic rings. The van der Waals surface area contributed by atoms with Gasteiger partial charge >= 0.3 is 0 Å². The molecular weight excluding hydrogens is 320 g/mol. The number of hydrogen-bond acceptors (Lipinski definition) is 5. The van der Waals surface area contributed by atoms with E-state index in [0.29, 0.717) is 4.88 Å². The van der Waals surface area contributed by atoms with E-state index in [1.165, 1.54) is 17.0 Å². The van der Waals surface area contributed by atoms with E-state index in [1.54, 1.807) is 0 Å². The Morgan fingerprint density at radius 3 is 2.46 bits per heavy atom. The van der Waals surface area contributed by atoms with E-state index in [2.05, 4.69) is 41.0 Å². The number of nitrogens with zero attached hydrogens (tertiary/aromatic N) is 3. The predicted octanol–water partition coefficient (Wildman–Crippen LogP) is 2.91. The van der Waals surface area contributed by atoms with Gasteiger partial charge in [0.05, 0.1) is 5.69 Å². The molecule has 1 aliphatic heterocycles. The van der Waals surface area contributed by atoms with Gasteiger partial charge < -0.3 is 15.5 Å². The molecule has 2 heterocycles. The zero-order chi connectivity index (χ0) is 16.9. The van der Waals surface area contributed by atoms with E-state index < -0.39 is 0 Å². The van der Waals surface area contributed by atoms with Crippen LogP contribution in [0.25, 0.3) is 0 Å². The van der Waals surface area contributed by atoms with Crippen molar-refractivity contribution in [2.75, 3.05) is 36.0 Å². The molecule has 0 aliphatic carbocycles. The van der Waals surface area contributed by atoms with Gasteiger partial charge in [0.1, 0.15) is 4.88 Å². The smallest absolute Gasteiger partial charge is 0.260 e. The molecule has 0 saturated carbocycles. The number of aromatic nitrogens is 1. The maximum atomic E-state index is 11.7. The van der Waals surface area contributed by atoms with Crippen molar-refractivity contribution in [3.05, 3.63) is 40.9 Å². The van der Waals surface area contributed by atoms with Crippen LogP contribution >= 0.6 is 11.3 Å². The number of carbonyl (C=O) groups is 1. The summed E-state index contributed by atoms with van der Waals surface area (Å²) >= 11 is 1.44. The Balaban J connectivity index is 1.69. The van der Waals surface area contributed by atoms with Crippen LogP contribution in [0.15, 0.2) is 30.3 Å². The van der Waals surface area contributed by atoms with Crippen molar-refractivity contribution in [3.8, 4) is 0 Å². The van der Waals surface area contributed by atoms with Gasteiger partial charge in [-0.15, -0.1) is 0 Å². The summed E-state index contributed by atoms with van der Waals surface area (Å²) in [5.41, 5.74) is 7.66. The van der Waals surface area contributed by atoms with Crippen LogP contribution in [0.4, 0.5) is 10.8 Å². The minimum absolute atomic E-state index is 0.354. The van der Waals surface area contributed by atoms with Crippen LogP contribution in [0.3, 0.4) is 0 Å². The summed E-state index contributed by atoms with van der Waals surface area (Å²) in [6.07, 6.45) is 2.95. The van der Waals surface area contributed by atoms with Crippen molar-refractivity contribution in [1.82, 2.24) is 4.98 Å². The van der Waals surface area contributed by atoms with Gasteiger partial charge in [-0.3, -0.25) is 4.79 Å². The standard InChI is InChI=1S/C18H24N4OS/c1-2-3-9-15-16(17(19)23)24-18(20-15)22-12-10-21(11-13-22)14-7-5-4-6-8-14/h4-8H,2-3,9-13H2,1H3,(H2,19,23). The molecule has 1 amide bonds. The molecule has 1 aromatic carbocycles. The summed E-state index contributed by atoms with van der Waals surface area (Å²) in [5.74, 6) is -0.354. The number of rotatable bonds is 6. The Labute approximate surface area is 147 Å². The SMILES string of the molecule is CCCCc1nc(N2CCN(c3ccccc3)CC2)sc1C(N)=O. The van der Waals surface area contributed by atoms with Crippen LogP contribution in [-0.2, 0) is 6.42 Å². The third kappa shape index (κ3) is 3.70. The minimum Gasteiger partial charge on any atom is -0.368 e. The quantitative estimate of drug-likeness (QED) is 0.875. The first-order chi connectivity index (χ1) is 11.7. The highest BCUT2D eigenvalue weighted by molar-refractivity contribution is 7.17. The van der Waals surface area contributed by atoms with Gasteiger partial charge in [-0.05, 0) is 25.0 Å². The van der Waals surface area contributed by atoms with E-state index in [0.717, 1.165) is 56.3 Å². The molecule has 0 unspecified atom stereocenters. The van der Waals surface area contributed by atoms with Crippen molar-refractivity contribution in [1.29, 1.82) is 0 Å². The number of amides is 1. The molecule has 0 bridgehead atoms. The Hall–Kier alpha value is -2.08. The molecule has 0 atom stereocenters. The van der Waals surface area contributed by atoms with Crippen LogP contribution in [0.1, 0.15) is 35.1 Å². The van der Waals surface area contributed by atoms with Gasteiger partial charge in [0.2, 0.25) is 0 Å². The normalized spacial score (nSPS) is 14.9. The molecule has 2 aromatic rings. The molecule has 2 N–H and O–H groups in total. The number of unbranched alkanes of at least 4 members (excludes halogenated alkanes) is 1.